The van der Waals surface area contributed by atoms with Gasteiger partial charge >= 0.3 is 0 Å². The molecule has 2 N–H and O–H groups in total. The van der Waals surface area contributed by atoms with Gasteiger partial charge in [-0.25, -0.2) is 4.98 Å². The molecule has 34 heavy (non-hydrogen) atoms. The van der Waals surface area contributed by atoms with Crippen molar-refractivity contribution in [3.63, 3.8) is 0 Å². The fraction of sp³-hybridized carbons (Fsp3) is 0.357. The van der Waals surface area contributed by atoms with Gasteiger partial charge < -0.3 is 14.8 Å². The highest BCUT2D eigenvalue weighted by molar-refractivity contribution is 9.09. The summed E-state index contributed by atoms with van der Waals surface area (Å²) in [6, 6.07) is 16.3. The molecule has 0 atom stereocenters. The summed E-state index contributed by atoms with van der Waals surface area (Å²) < 4.78 is 2.15. The standard InChI is InChI=1S/C13H16N2O.C11H13NO.C3H5Br.CH4/c1-2-9-15-12-7-4-3-6-11(12)14-13(15)8-5-10-16;13-7-3-5-10-8-9-4-1-2-6-11(9)12-10;1-2-3-4;/h2-4,6-7,16H,1,5,8-10H2;1-2,4,6,13H,3,5,7-8H2;2H,1,3H2;1H4. The van der Waals surface area contributed by atoms with Gasteiger partial charge in [0.25, 0.3) is 0 Å². The zero-order valence-corrected chi connectivity index (χ0v) is 20.8. The van der Waals surface area contributed by atoms with Crippen LogP contribution in [0.15, 0.2) is 78.8 Å². The van der Waals surface area contributed by atoms with Crippen molar-refractivity contribution in [2.45, 2.75) is 46.1 Å². The molecule has 1 aliphatic heterocycles. The number of halogens is 1. The Morgan fingerprint density at radius 2 is 1.59 bits per heavy atom. The van der Waals surface area contributed by atoms with Crippen molar-refractivity contribution in [2.75, 3.05) is 18.5 Å². The number of allylic oxidation sites excluding steroid dienone is 2. The quantitative estimate of drug-likeness (QED) is 0.248. The van der Waals surface area contributed by atoms with Crippen molar-refractivity contribution in [3.05, 3.63) is 85.2 Å². The van der Waals surface area contributed by atoms with Crippen LogP contribution in [0, 0.1) is 0 Å². The highest BCUT2D eigenvalue weighted by Crippen LogP contribution is 2.27. The Balaban J connectivity index is 0.000000291. The average Bonchev–Trinajstić information content (AvgIpc) is 3.43. The molecule has 0 spiro atoms. The molecule has 0 aliphatic carbocycles. The van der Waals surface area contributed by atoms with Crippen molar-refractivity contribution in [2.24, 2.45) is 4.99 Å². The molecule has 2 aromatic carbocycles. The SMILES string of the molecule is C.C=CCBr.C=CCn1c(CCCO)nc2ccccc21.OCCCC1=Nc2ccccc2C1. The number of para-hydroxylation sites is 3. The summed E-state index contributed by atoms with van der Waals surface area (Å²) >= 11 is 3.13. The van der Waals surface area contributed by atoms with Gasteiger partial charge in [-0.1, -0.05) is 65.8 Å². The van der Waals surface area contributed by atoms with E-state index in [9.17, 15) is 0 Å². The van der Waals surface area contributed by atoms with Gasteiger partial charge in [-0.2, -0.15) is 0 Å². The maximum absolute atomic E-state index is 8.87. The van der Waals surface area contributed by atoms with Crippen LogP contribution in [0.4, 0.5) is 5.69 Å². The predicted molar refractivity (Wildman–Crippen MR) is 150 cm³/mol. The first kappa shape index (κ1) is 29.5. The molecular weight excluding hydrogens is 490 g/mol. The predicted octanol–water partition coefficient (Wildman–Crippen LogP) is 6.44. The summed E-state index contributed by atoms with van der Waals surface area (Å²) in [6.07, 6.45) is 7.93. The number of alkyl halides is 1. The molecule has 4 rings (SSSR count). The number of aliphatic hydroxyl groups excluding tert-OH is 2. The number of aromatic nitrogens is 2. The number of benzene rings is 2. The Labute approximate surface area is 212 Å². The number of hydrogen-bond donors (Lipinski definition) is 2. The highest BCUT2D eigenvalue weighted by Gasteiger charge is 2.12. The van der Waals surface area contributed by atoms with Gasteiger partial charge in [-0.15, -0.1) is 13.2 Å². The maximum atomic E-state index is 8.87. The molecule has 0 amide bonds. The third-order valence-corrected chi connectivity index (χ3v) is 5.46. The summed E-state index contributed by atoms with van der Waals surface area (Å²) in [5.74, 6) is 1.02. The number of hydrogen-bond acceptors (Lipinski definition) is 4. The lowest BCUT2D eigenvalue weighted by molar-refractivity contribution is 0.287. The molecule has 0 unspecified atom stereocenters. The lowest BCUT2D eigenvalue weighted by Crippen LogP contribution is -2.03. The molecule has 0 saturated carbocycles. The molecular formula is C28H38BrN3O2. The second kappa shape index (κ2) is 17.0. The minimum Gasteiger partial charge on any atom is -0.396 e. The number of aliphatic hydroxyl groups is 2. The van der Waals surface area contributed by atoms with E-state index in [1.807, 2.05) is 42.5 Å². The van der Waals surface area contributed by atoms with Crippen LogP contribution in [0.25, 0.3) is 11.0 Å². The van der Waals surface area contributed by atoms with E-state index < -0.39 is 0 Å². The second-order valence-electron chi connectivity index (χ2n) is 7.50. The largest absolute Gasteiger partial charge is 0.396 e. The van der Waals surface area contributed by atoms with Crippen LogP contribution in [0.2, 0.25) is 0 Å². The van der Waals surface area contributed by atoms with Gasteiger partial charge in [-0.3, -0.25) is 4.99 Å². The van der Waals surface area contributed by atoms with Crippen LogP contribution in [-0.2, 0) is 19.4 Å². The normalized spacial score (nSPS) is 11.2. The highest BCUT2D eigenvalue weighted by atomic mass is 79.9. The molecule has 5 nitrogen and oxygen atoms in total. The zero-order chi connectivity index (χ0) is 23.9. The smallest absolute Gasteiger partial charge is 0.110 e. The van der Waals surface area contributed by atoms with E-state index in [4.69, 9.17) is 10.2 Å². The van der Waals surface area contributed by atoms with Gasteiger partial charge in [0.15, 0.2) is 0 Å². The molecule has 6 heteroatoms. The summed E-state index contributed by atoms with van der Waals surface area (Å²) in [5.41, 5.74) is 5.77. The third-order valence-electron chi connectivity index (χ3n) is 5.00. The van der Waals surface area contributed by atoms with E-state index >= 15 is 0 Å². The summed E-state index contributed by atoms with van der Waals surface area (Å²) in [6.45, 7) is 8.43. The Kier molecular flexibility index (Phi) is 14.7. The van der Waals surface area contributed by atoms with Gasteiger partial charge in [0.2, 0.25) is 0 Å². The summed E-state index contributed by atoms with van der Waals surface area (Å²) in [7, 11) is 0. The first-order chi connectivity index (χ1) is 16.2. The fourth-order valence-electron chi connectivity index (χ4n) is 3.51. The van der Waals surface area contributed by atoms with Gasteiger partial charge in [-0.05, 0) is 43.0 Å². The van der Waals surface area contributed by atoms with Crippen LogP contribution < -0.4 is 0 Å². The van der Waals surface area contributed by atoms with Crippen molar-refractivity contribution < 1.29 is 10.2 Å². The van der Waals surface area contributed by atoms with Crippen molar-refractivity contribution in [3.8, 4) is 0 Å². The fourth-order valence-corrected chi connectivity index (χ4v) is 3.51. The van der Waals surface area contributed by atoms with Gasteiger partial charge in [0, 0.05) is 43.6 Å². The lowest BCUT2D eigenvalue weighted by atomic mass is 10.1. The first-order valence-electron chi connectivity index (χ1n) is 11.3. The Bertz CT molecular complexity index is 1040. The Morgan fingerprint density at radius 1 is 0.941 bits per heavy atom. The summed E-state index contributed by atoms with van der Waals surface area (Å²) in [4.78, 5) is 9.07. The van der Waals surface area contributed by atoms with E-state index in [0.29, 0.717) is 0 Å². The van der Waals surface area contributed by atoms with Crippen molar-refractivity contribution in [1.82, 2.24) is 9.55 Å². The molecule has 3 aromatic rings. The summed E-state index contributed by atoms with van der Waals surface area (Å²) in [5, 5.41) is 18.5. The molecule has 0 saturated heterocycles. The van der Waals surface area contributed by atoms with E-state index in [1.54, 1.807) is 6.08 Å². The Morgan fingerprint density at radius 3 is 2.24 bits per heavy atom. The third kappa shape index (κ3) is 9.01. The van der Waals surface area contributed by atoms with Gasteiger partial charge in [0.05, 0.1) is 16.7 Å². The van der Waals surface area contributed by atoms with Crippen molar-refractivity contribution in [1.29, 1.82) is 0 Å². The zero-order valence-electron chi connectivity index (χ0n) is 19.2. The molecule has 2 heterocycles. The van der Waals surface area contributed by atoms with Gasteiger partial charge in [0.1, 0.15) is 5.82 Å². The van der Waals surface area contributed by atoms with Crippen LogP contribution in [0.5, 0.6) is 0 Å². The molecule has 0 radical (unpaired) electrons. The van der Waals surface area contributed by atoms with E-state index in [2.05, 4.69) is 55.8 Å². The van der Waals surface area contributed by atoms with Crippen LogP contribution in [0.1, 0.15) is 38.1 Å². The molecule has 1 aromatic heterocycles. The first-order valence-corrected chi connectivity index (χ1v) is 12.4. The topological polar surface area (TPSA) is 70.6 Å². The van der Waals surface area contributed by atoms with Crippen LogP contribution in [-0.4, -0.2) is 44.0 Å². The van der Waals surface area contributed by atoms with Crippen LogP contribution in [0.3, 0.4) is 0 Å². The van der Waals surface area contributed by atoms with Crippen molar-refractivity contribution >= 4 is 38.4 Å². The minimum atomic E-state index is 0. The molecule has 1 aliphatic rings. The number of aliphatic imine (C=N–C) groups is 1. The number of imidazole rings is 1. The van der Waals surface area contributed by atoms with E-state index in [1.165, 1.54) is 11.3 Å². The number of aryl methyl sites for hydroxylation is 1. The molecule has 184 valence electrons. The molecule has 0 fully saturated rings. The number of nitrogens with zero attached hydrogens (tertiary/aromatic N) is 3. The van der Waals surface area contributed by atoms with E-state index in [0.717, 1.165) is 66.5 Å². The minimum absolute atomic E-state index is 0. The maximum Gasteiger partial charge on any atom is 0.110 e. The lowest BCUT2D eigenvalue weighted by Gasteiger charge is -2.05. The monoisotopic (exact) mass is 527 g/mol. The van der Waals surface area contributed by atoms with E-state index in [-0.39, 0.29) is 20.6 Å². The second-order valence-corrected chi connectivity index (χ2v) is 8.14. The Hall–Kier alpha value is -2.54. The molecule has 0 bridgehead atoms. The average molecular weight is 529 g/mol. The number of rotatable bonds is 9. The number of fused-ring (bicyclic) bond motifs is 2. The van der Waals surface area contributed by atoms with Crippen LogP contribution >= 0.6 is 15.9 Å².